The van der Waals surface area contributed by atoms with Crippen molar-refractivity contribution in [1.82, 2.24) is 9.80 Å². The third-order valence-electron chi connectivity index (χ3n) is 3.74. The molecule has 102 valence electrons. The average molecular weight is 259 g/mol. The first-order valence-corrected chi connectivity index (χ1v) is 6.77. The molecule has 0 saturated carbocycles. The Kier molecular flexibility index (Phi) is 4.92. The number of aliphatic hydroxyl groups is 1. The van der Waals surface area contributed by atoms with Crippen molar-refractivity contribution in [3.05, 3.63) is 35.9 Å². The maximum Gasteiger partial charge on any atom is 0.0917 e. The first-order chi connectivity index (χ1) is 9.20. The van der Waals surface area contributed by atoms with Crippen LogP contribution in [0.2, 0.25) is 0 Å². The van der Waals surface area contributed by atoms with Gasteiger partial charge in [0.05, 0.1) is 18.7 Å². The fourth-order valence-electron chi connectivity index (χ4n) is 2.59. The summed E-state index contributed by atoms with van der Waals surface area (Å²) in [7, 11) is 0. The van der Waals surface area contributed by atoms with E-state index in [1.165, 1.54) is 0 Å². The molecule has 2 atom stereocenters. The van der Waals surface area contributed by atoms with Gasteiger partial charge in [-0.05, 0) is 12.5 Å². The third-order valence-corrected chi connectivity index (χ3v) is 3.74. The number of β-amino-alcohol motifs (C(OH)–C–C–N with tert-alkyl or cyclic N) is 1. The molecule has 1 aliphatic heterocycles. The van der Waals surface area contributed by atoms with Crippen molar-refractivity contribution < 1.29 is 5.11 Å². The normalized spacial score (nSPS) is 22.9. The van der Waals surface area contributed by atoms with Gasteiger partial charge in [-0.25, -0.2) is 0 Å². The lowest BCUT2D eigenvalue weighted by atomic mass is 10.1. The van der Waals surface area contributed by atoms with E-state index in [2.05, 4.69) is 22.8 Å². The number of aliphatic hydroxyl groups excluding tert-OH is 1. The lowest BCUT2D eigenvalue weighted by Crippen LogP contribution is -2.52. The van der Waals surface area contributed by atoms with E-state index in [0.29, 0.717) is 19.1 Å². The summed E-state index contributed by atoms with van der Waals surface area (Å²) >= 11 is 0. The van der Waals surface area contributed by atoms with E-state index in [1.807, 2.05) is 30.3 Å². The highest BCUT2D eigenvalue weighted by atomic mass is 16.3. The molecule has 1 N–H and O–H groups in total. The molecule has 19 heavy (non-hydrogen) atoms. The van der Waals surface area contributed by atoms with Crippen LogP contribution in [0.1, 0.15) is 18.6 Å². The second-order valence-corrected chi connectivity index (χ2v) is 5.16. The molecule has 0 amide bonds. The zero-order valence-corrected chi connectivity index (χ0v) is 11.4. The molecule has 4 nitrogen and oxygen atoms in total. The predicted octanol–water partition coefficient (Wildman–Crippen LogP) is 1.25. The van der Waals surface area contributed by atoms with Gasteiger partial charge in [-0.3, -0.25) is 9.80 Å². The third kappa shape index (κ3) is 3.77. The molecule has 1 aromatic rings. The van der Waals surface area contributed by atoms with E-state index in [9.17, 15) is 5.11 Å². The standard InChI is InChI=1S/C15H21N3O/c1-13-11-17(8-7-16)9-10-18(13)12-15(19)14-5-3-2-4-6-14/h2-6,13,15,19H,8-12H2,1H3/t13-,15+/m0/s1. The molecule has 0 aromatic heterocycles. The highest BCUT2D eigenvalue weighted by Gasteiger charge is 2.25. The number of piperazine rings is 1. The molecule has 0 bridgehead atoms. The molecule has 0 spiro atoms. The van der Waals surface area contributed by atoms with Crippen LogP contribution in [0.15, 0.2) is 30.3 Å². The molecule has 2 rings (SSSR count). The highest BCUT2D eigenvalue weighted by molar-refractivity contribution is 5.17. The van der Waals surface area contributed by atoms with Crippen molar-refractivity contribution in [2.45, 2.75) is 19.1 Å². The van der Waals surface area contributed by atoms with Crippen LogP contribution in [-0.4, -0.2) is 53.7 Å². The minimum atomic E-state index is -0.439. The van der Waals surface area contributed by atoms with E-state index in [1.54, 1.807) is 0 Å². The number of nitriles is 1. The van der Waals surface area contributed by atoms with Crippen LogP contribution in [-0.2, 0) is 0 Å². The number of hydrogen-bond acceptors (Lipinski definition) is 4. The van der Waals surface area contributed by atoms with Crippen LogP contribution in [0.4, 0.5) is 0 Å². The second kappa shape index (κ2) is 6.67. The van der Waals surface area contributed by atoms with Gasteiger partial charge in [-0.2, -0.15) is 5.26 Å². The zero-order chi connectivity index (χ0) is 13.7. The Morgan fingerprint density at radius 1 is 1.37 bits per heavy atom. The van der Waals surface area contributed by atoms with Gasteiger partial charge in [0.2, 0.25) is 0 Å². The van der Waals surface area contributed by atoms with Crippen molar-refractivity contribution in [3.63, 3.8) is 0 Å². The number of hydrogen-bond donors (Lipinski definition) is 1. The largest absolute Gasteiger partial charge is 0.387 e. The topological polar surface area (TPSA) is 50.5 Å². The quantitative estimate of drug-likeness (QED) is 0.827. The monoisotopic (exact) mass is 259 g/mol. The molecule has 0 radical (unpaired) electrons. The van der Waals surface area contributed by atoms with Crippen LogP contribution in [0.3, 0.4) is 0 Å². The Morgan fingerprint density at radius 3 is 2.74 bits per heavy atom. The van der Waals surface area contributed by atoms with Crippen molar-refractivity contribution in [2.24, 2.45) is 0 Å². The summed E-state index contributed by atoms with van der Waals surface area (Å²) < 4.78 is 0. The lowest BCUT2D eigenvalue weighted by molar-refractivity contribution is 0.0433. The van der Waals surface area contributed by atoms with Crippen LogP contribution >= 0.6 is 0 Å². The van der Waals surface area contributed by atoms with Crippen molar-refractivity contribution >= 4 is 0 Å². The molecular formula is C15H21N3O. The van der Waals surface area contributed by atoms with Crippen LogP contribution < -0.4 is 0 Å². The first kappa shape index (κ1) is 14.0. The minimum Gasteiger partial charge on any atom is -0.387 e. The Labute approximate surface area is 114 Å². The van der Waals surface area contributed by atoms with Gasteiger partial charge in [0.15, 0.2) is 0 Å². The van der Waals surface area contributed by atoms with E-state index in [0.717, 1.165) is 25.2 Å². The number of benzene rings is 1. The van der Waals surface area contributed by atoms with Gasteiger partial charge in [-0.1, -0.05) is 30.3 Å². The summed E-state index contributed by atoms with van der Waals surface area (Å²) in [6.45, 7) is 6.02. The summed E-state index contributed by atoms with van der Waals surface area (Å²) in [6.07, 6.45) is -0.439. The van der Waals surface area contributed by atoms with Crippen LogP contribution in [0.5, 0.6) is 0 Å². The highest BCUT2D eigenvalue weighted by Crippen LogP contribution is 2.17. The summed E-state index contributed by atoms with van der Waals surface area (Å²) in [5, 5.41) is 19.0. The van der Waals surface area contributed by atoms with Gasteiger partial charge in [0.1, 0.15) is 0 Å². The maximum absolute atomic E-state index is 10.3. The lowest BCUT2D eigenvalue weighted by Gasteiger charge is -2.39. The van der Waals surface area contributed by atoms with Gasteiger partial charge in [0, 0.05) is 32.2 Å². The van der Waals surface area contributed by atoms with Crippen LogP contribution in [0.25, 0.3) is 0 Å². The molecule has 1 fully saturated rings. The second-order valence-electron chi connectivity index (χ2n) is 5.16. The molecular weight excluding hydrogens is 238 g/mol. The Morgan fingerprint density at radius 2 is 2.11 bits per heavy atom. The Hall–Kier alpha value is -1.41. The molecule has 1 saturated heterocycles. The summed E-state index contributed by atoms with van der Waals surface area (Å²) in [4.78, 5) is 4.46. The van der Waals surface area contributed by atoms with Gasteiger partial charge in [0.25, 0.3) is 0 Å². The minimum absolute atomic E-state index is 0.375. The fourth-order valence-corrected chi connectivity index (χ4v) is 2.59. The fraction of sp³-hybridized carbons (Fsp3) is 0.533. The van der Waals surface area contributed by atoms with Gasteiger partial charge in [-0.15, -0.1) is 0 Å². The molecule has 4 heteroatoms. The SMILES string of the molecule is C[C@H]1CN(CC#N)CCN1C[C@@H](O)c1ccccc1. The number of rotatable bonds is 4. The smallest absolute Gasteiger partial charge is 0.0917 e. The van der Waals surface area contributed by atoms with E-state index in [-0.39, 0.29) is 0 Å². The van der Waals surface area contributed by atoms with Gasteiger partial charge >= 0.3 is 0 Å². The Balaban J connectivity index is 1.89. The molecule has 1 heterocycles. The van der Waals surface area contributed by atoms with Gasteiger partial charge < -0.3 is 5.11 Å². The molecule has 1 aliphatic rings. The first-order valence-electron chi connectivity index (χ1n) is 6.77. The maximum atomic E-state index is 10.3. The summed E-state index contributed by atoms with van der Waals surface area (Å²) in [5.74, 6) is 0. The summed E-state index contributed by atoms with van der Waals surface area (Å²) in [6, 6.07) is 12.4. The number of nitrogens with zero attached hydrogens (tertiary/aromatic N) is 3. The predicted molar refractivity (Wildman–Crippen MR) is 74.5 cm³/mol. The van der Waals surface area contributed by atoms with Crippen molar-refractivity contribution in [2.75, 3.05) is 32.7 Å². The Bertz CT molecular complexity index is 429. The van der Waals surface area contributed by atoms with E-state index < -0.39 is 6.10 Å². The average Bonchev–Trinajstić information content (AvgIpc) is 2.43. The molecule has 0 aliphatic carbocycles. The van der Waals surface area contributed by atoms with E-state index in [4.69, 9.17) is 5.26 Å². The van der Waals surface area contributed by atoms with Crippen molar-refractivity contribution in [3.8, 4) is 6.07 Å². The zero-order valence-electron chi connectivity index (χ0n) is 11.4. The van der Waals surface area contributed by atoms with Crippen LogP contribution in [0, 0.1) is 11.3 Å². The molecule has 0 unspecified atom stereocenters. The van der Waals surface area contributed by atoms with E-state index >= 15 is 0 Å². The van der Waals surface area contributed by atoms with Crippen molar-refractivity contribution in [1.29, 1.82) is 5.26 Å². The molecule has 1 aromatic carbocycles. The summed E-state index contributed by atoms with van der Waals surface area (Å²) in [5.41, 5.74) is 0.967.